The van der Waals surface area contributed by atoms with Gasteiger partial charge in [0, 0.05) is 29.9 Å². The fourth-order valence-corrected chi connectivity index (χ4v) is 3.70. The highest BCUT2D eigenvalue weighted by molar-refractivity contribution is 7.92. The molecule has 32 heavy (non-hydrogen) atoms. The third kappa shape index (κ3) is 5.48. The lowest BCUT2D eigenvalue weighted by atomic mass is 9.94. The van der Waals surface area contributed by atoms with Crippen LogP contribution in [0.5, 0.6) is 0 Å². The Bertz CT molecular complexity index is 1190. The van der Waals surface area contributed by atoms with Gasteiger partial charge in [0.1, 0.15) is 6.67 Å². The van der Waals surface area contributed by atoms with Gasteiger partial charge in [0.05, 0.1) is 10.3 Å². The maximum atomic E-state index is 13.0. The summed E-state index contributed by atoms with van der Waals surface area (Å²) in [6, 6.07) is 12.2. The smallest absolute Gasteiger partial charge is 0.261 e. The predicted octanol–water partition coefficient (Wildman–Crippen LogP) is 2.97. The monoisotopic (exact) mass is 461 g/mol. The van der Waals surface area contributed by atoms with Crippen molar-refractivity contribution >= 4 is 27.3 Å². The van der Waals surface area contributed by atoms with Crippen LogP contribution in [0.4, 0.5) is 15.8 Å². The second kappa shape index (κ2) is 9.45. The molecule has 0 spiro atoms. The lowest BCUT2D eigenvalue weighted by molar-refractivity contribution is -0.124. The third-order valence-electron chi connectivity index (χ3n) is 4.57. The lowest BCUT2D eigenvalue weighted by Crippen LogP contribution is -2.32. The molecule has 1 heterocycles. The molecular weight excluding hydrogens is 437 g/mol. The summed E-state index contributed by atoms with van der Waals surface area (Å²) in [7, 11) is -3.90. The molecule has 3 aromatic rings. The van der Waals surface area contributed by atoms with Gasteiger partial charge in [-0.1, -0.05) is 17.3 Å². The number of amides is 1. The Hall–Kier alpha value is -3.31. The van der Waals surface area contributed by atoms with Gasteiger partial charge in [-0.05, 0) is 50.2 Å². The number of nitrogens with two attached hydrogens (primary N) is 1. The molecule has 9 nitrogen and oxygen atoms in total. The zero-order valence-corrected chi connectivity index (χ0v) is 18.4. The number of hydrogen-bond acceptors (Lipinski definition) is 7. The predicted molar refractivity (Wildman–Crippen MR) is 118 cm³/mol. The van der Waals surface area contributed by atoms with Gasteiger partial charge in [0.15, 0.2) is 0 Å². The Morgan fingerprint density at radius 2 is 1.84 bits per heavy atom. The molecule has 0 bridgehead atoms. The summed E-state index contributed by atoms with van der Waals surface area (Å²) in [5, 5.41) is 6.46. The Morgan fingerprint density at radius 1 is 1.16 bits per heavy atom. The minimum Gasteiger partial charge on any atom is -0.339 e. The van der Waals surface area contributed by atoms with E-state index in [9.17, 15) is 17.6 Å². The maximum absolute atomic E-state index is 13.0. The van der Waals surface area contributed by atoms with E-state index in [1.54, 1.807) is 12.1 Å². The van der Waals surface area contributed by atoms with Gasteiger partial charge < -0.3 is 15.6 Å². The maximum Gasteiger partial charge on any atom is 0.261 e. The van der Waals surface area contributed by atoms with Gasteiger partial charge in [-0.25, -0.2) is 12.8 Å². The van der Waals surface area contributed by atoms with E-state index in [1.165, 1.54) is 50.2 Å². The van der Waals surface area contributed by atoms with E-state index in [4.69, 9.17) is 10.3 Å². The van der Waals surface area contributed by atoms with Crippen LogP contribution in [0.25, 0.3) is 11.4 Å². The van der Waals surface area contributed by atoms with E-state index < -0.39 is 28.0 Å². The number of halogens is 1. The molecule has 0 aliphatic heterocycles. The van der Waals surface area contributed by atoms with Crippen molar-refractivity contribution < 1.29 is 22.1 Å². The van der Waals surface area contributed by atoms with Crippen molar-refractivity contribution in [1.82, 2.24) is 10.1 Å². The molecule has 170 valence electrons. The largest absolute Gasteiger partial charge is 0.339 e. The molecule has 0 saturated heterocycles. The topological polar surface area (TPSA) is 140 Å². The van der Waals surface area contributed by atoms with Crippen LogP contribution < -0.4 is 15.8 Å². The lowest BCUT2D eigenvalue weighted by Gasteiger charge is -2.19. The molecule has 0 saturated carbocycles. The summed E-state index contributed by atoms with van der Waals surface area (Å²) in [6.07, 6.45) is 0.425. The van der Waals surface area contributed by atoms with Crippen LogP contribution in [0, 0.1) is 5.41 Å². The molecule has 4 N–H and O–H groups in total. The minimum atomic E-state index is -3.90. The fourth-order valence-electron chi connectivity index (χ4n) is 2.60. The number of sulfonamides is 1. The van der Waals surface area contributed by atoms with Crippen molar-refractivity contribution in [3.63, 3.8) is 0 Å². The van der Waals surface area contributed by atoms with Crippen molar-refractivity contribution in [1.29, 1.82) is 0 Å². The second-order valence-corrected chi connectivity index (χ2v) is 9.42. The fraction of sp³-hybridized carbons (Fsp3) is 0.286. The Morgan fingerprint density at radius 3 is 2.50 bits per heavy atom. The number of hydrogen-bond donors (Lipinski definition) is 3. The van der Waals surface area contributed by atoms with E-state index in [0.29, 0.717) is 35.8 Å². The highest BCUT2D eigenvalue weighted by Crippen LogP contribution is 2.24. The minimum absolute atomic E-state index is 0.0160. The number of alkyl halides is 1. The molecule has 0 unspecified atom stereocenters. The molecule has 0 aliphatic carbocycles. The number of aromatic nitrogens is 2. The number of benzene rings is 2. The average Bonchev–Trinajstić information content (AvgIpc) is 3.24. The highest BCUT2D eigenvalue weighted by atomic mass is 32.2. The first kappa shape index (κ1) is 23.4. The highest BCUT2D eigenvalue weighted by Gasteiger charge is 2.27. The summed E-state index contributed by atoms with van der Waals surface area (Å²) in [5.74, 6) is 0.166. The Labute approximate surface area is 185 Å². The van der Waals surface area contributed by atoms with E-state index in [1.807, 2.05) is 0 Å². The van der Waals surface area contributed by atoms with E-state index >= 15 is 0 Å². The summed E-state index contributed by atoms with van der Waals surface area (Å²) in [4.78, 5) is 16.3. The molecule has 0 radical (unpaired) electrons. The van der Waals surface area contributed by atoms with Crippen molar-refractivity contribution in [2.75, 3.05) is 23.3 Å². The Kier molecular flexibility index (Phi) is 6.90. The van der Waals surface area contributed by atoms with Crippen LogP contribution in [0.15, 0.2) is 57.9 Å². The number of rotatable bonds is 9. The first-order valence-corrected chi connectivity index (χ1v) is 11.3. The summed E-state index contributed by atoms with van der Waals surface area (Å²) in [6.45, 7) is 2.54. The standard InChI is InChI=1S/C21H24FN5O4S/c1-21(2,13-22)20(28)24-15-6-8-16(9-7-15)27-32(29,30)17-5-3-4-14(12-17)19-25-18(10-11-23)31-26-19/h3-9,12,27H,10-11,13,23H2,1-2H3,(H,24,28). The molecule has 0 fully saturated rings. The molecule has 1 aromatic heterocycles. The van der Waals surface area contributed by atoms with Crippen LogP contribution >= 0.6 is 0 Å². The third-order valence-corrected chi connectivity index (χ3v) is 5.95. The van der Waals surface area contributed by atoms with Crippen LogP contribution in [0.1, 0.15) is 19.7 Å². The number of carbonyl (C=O) groups is 1. The van der Waals surface area contributed by atoms with Crippen LogP contribution in [-0.2, 0) is 21.2 Å². The number of nitrogens with one attached hydrogen (secondary N) is 2. The van der Waals surface area contributed by atoms with Gasteiger partial charge in [-0.3, -0.25) is 9.52 Å². The molecule has 11 heteroatoms. The Balaban J connectivity index is 1.74. The molecule has 1 amide bonds. The SMILES string of the molecule is CC(C)(CF)C(=O)Nc1ccc(NS(=O)(=O)c2cccc(-c3noc(CCN)n3)c2)cc1. The van der Waals surface area contributed by atoms with Crippen molar-refractivity contribution in [3.05, 3.63) is 54.4 Å². The van der Waals surface area contributed by atoms with Gasteiger partial charge >= 0.3 is 0 Å². The van der Waals surface area contributed by atoms with Crippen molar-refractivity contribution in [2.45, 2.75) is 25.2 Å². The van der Waals surface area contributed by atoms with Crippen LogP contribution in [0.3, 0.4) is 0 Å². The number of anilines is 2. The molecule has 0 aliphatic rings. The normalized spacial score (nSPS) is 11.9. The average molecular weight is 462 g/mol. The molecule has 3 rings (SSSR count). The molecular formula is C21H24FN5O4S. The first-order chi connectivity index (χ1) is 15.1. The first-order valence-electron chi connectivity index (χ1n) is 9.78. The van der Waals surface area contributed by atoms with Gasteiger partial charge in [0.25, 0.3) is 10.0 Å². The van der Waals surface area contributed by atoms with E-state index in [-0.39, 0.29) is 10.7 Å². The summed E-state index contributed by atoms with van der Waals surface area (Å²) < 4.78 is 46.2. The van der Waals surface area contributed by atoms with Crippen molar-refractivity contribution in [2.24, 2.45) is 11.1 Å². The van der Waals surface area contributed by atoms with E-state index in [2.05, 4.69) is 20.2 Å². The van der Waals surface area contributed by atoms with Crippen LogP contribution in [-0.4, -0.2) is 37.7 Å². The summed E-state index contributed by atoms with van der Waals surface area (Å²) in [5.41, 5.74) is 5.51. The van der Waals surface area contributed by atoms with Crippen LogP contribution in [0.2, 0.25) is 0 Å². The zero-order chi connectivity index (χ0) is 23.4. The molecule has 0 atom stereocenters. The van der Waals surface area contributed by atoms with E-state index in [0.717, 1.165) is 0 Å². The number of carbonyl (C=O) groups excluding carboxylic acids is 1. The van der Waals surface area contributed by atoms with Gasteiger partial charge in [-0.2, -0.15) is 4.98 Å². The zero-order valence-electron chi connectivity index (χ0n) is 17.6. The second-order valence-electron chi connectivity index (χ2n) is 7.73. The van der Waals surface area contributed by atoms with Gasteiger partial charge in [-0.15, -0.1) is 0 Å². The summed E-state index contributed by atoms with van der Waals surface area (Å²) >= 11 is 0. The van der Waals surface area contributed by atoms with Crippen molar-refractivity contribution in [3.8, 4) is 11.4 Å². The molecule has 2 aromatic carbocycles. The van der Waals surface area contributed by atoms with Gasteiger partial charge in [0.2, 0.25) is 17.6 Å². The number of nitrogens with zero attached hydrogens (tertiary/aromatic N) is 2. The quantitative estimate of drug-likeness (QED) is 0.445.